The van der Waals surface area contributed by atoms with Gasteiger partial charge >= 0.3 is 0 Å². The van der Waals surface area contributed by atoms with Crippen molar-refractivity contribution in [1.29, 1.82) is 0 Å². The highest BCUT2D eigenvalue weighted by atomic mass is 16.5. The van der Waals surface area contributed by atoms with Crippen LogP contribution in [0.25, 0.3) is 0 Å². The second-order valence-corrected chi connectivity index (χ2v) is 8.08. The van der Waals surface area contributed by atoms with Gasteiger partial charge in [0.25, 0.3) is 0 Å². The zero-order valence-corrected chi connectivity index (χ0v) is 19.0. The molecule has 1 unspecified atom stereocenters. The van der Waals surface area contributed by atoms with Gasteiger partial charge in [0.1, 0.15) is 5.75 Å². The summed E-state index contributed by atoms with van der Waals surface area (Å²) < 4.78 is 16.1. The molecule has 2 aromatic rings. The zero-order chi connectivity index (χ0) is 22.2. The minimum Gasteiger partial charge on any atom is -0.496 e. The Bertz CT molecular complexity index is 862. The molecule has 1 aliphatic heterocycles. The molecule has 0 radical (unpaired) electrons. The van der Waals surface area contributed by atoms with Crippen LogP contribution in [0.5, 0.6) is 17.2 Å². The first-order valence-electron chi connectivity index (χ1n) is 10.9. The molecule has 1 fully saturated rings. The topological polar surface area (TPSA) is 60.0 Å². The molecular formula is C25H34N2O4. The minimum atomic E-state index is -0.146. The summed E-state index contributed by atoms with van der Waals surface area (Å²) in [5.74, 6) is 2.99. The molecular weight excluding hydrogens is 392 g/mol. The first-order valence-corrected chi connectivity index (χ1v) is 10.9. The van der Waals surface area contributed by atoms with Crippen LogP contribution in [-0.4, -0.2) is 51.3 Å². The maximum Gasteiger partial charge on any atom is 0.237 e. The van der Waals surface area contributed by atoms with Crippen LogP contribution in [0.1, 0.15) is 30.9 Å². The molecule has 0 spiro atoms. The Morgan fingerprint density at radius 2 is 1.68 bits per heavy atom. The van der Waals surface area contributed by atoms with E-state index >= 15 is 0 Å². The van der Waals surface area contributed by atoms with Gasteiger partial charge < -0.3 is 19.5 Å². The number of benzene rings is 2. The highest BCUT2D eigenvalue weighted by molar-refractivity contribution is 5.81. The summed E-state index contributed by atoms with van der Waals surface area (Å²) in [4.78, 5) is 15.0. The third-order valence-electron chi connectivity index (χ3n) is 6.19. The first-order chi connectivity index (χ1) is 15.0. The molecule has 31 heavy (non-hydrogen) atoms. The Morgan fingerprint density at radius 3 is 2.35 bits per heavy atom. The number of nitrogens with one attached hydrogen (secondary N) is 1. The molecule has 0 bridgehead atoms. The quantitative estimate of drug-likeness (QED) is 0.663. The average Bonchev–Trinajstić information content (AvgIpc) is 2.82. The van der Waals surface area contributed by atoms with E-state index in [0.717, 1.165) is 43.7 Å². The number of carbonyl (C=O) groups excluding carboxylic acids is 1. The Morgan fingerprint density at radius 1 is 1.00 bits per heavy atom. The van der Waals surface area contributed by atoms with Gasteiger partial charge in [-0.05, 0) is 74.5 Å². The Balaban J connectivity index is 1.47. The Labute approximate surface area is 185 Å². The van der Waals surface area contributed by atoms with E-state index in [2.05, 4.69) is 22.3 Å². The number of hydrogen-bond donors (Lipinski definition) is 1. The van der Waals surface area contributed by atoms with Crippen LogP contribution in [0.4, 0.5) is 0 Å². The van der Waals surface area contributed by atoms with Crippen LogP contribution in [-0.2, 0) is 17.8 Å². The molecule has 0 aromatic heterocycles. The van der Waals surface area contributed by atoms with E-state index in [1.165, 1.54) is 5.56 Å². The first kappa shape index (κ1) is 22.9. The Hall–Kier alpha value is -2.73. The normalized spacial score (nSPS) is 15.9. The largest absolute Gasteiger partial charge is 0.496 e. The lowest BCUT2D eigenvalue weighted by Crippen LogP contribution is -2.48. The van der Waals surface area contributed by atoms with E-state index in [4.69, 9.17) is 14.2 Å². The highest BCUT2D eigenvalue weighted by Gasteiger charge is 2.27. The van der Waals surface area contributed by atoms with Crippen molar-refractivity contribution in [3.63, 3.8) is 0 Å². The summed E-state index contributed by atoms with van der Waals surface area (Å²) in [5, 5.41) is 3.06. The Kier molecular flexibility index (Phi) is 8.18. The number of methoxy groups -OCH3 is 3. The van der Waals surface area contributed by atoms with Gasteiger partial charge in [0.15, 0.2) is 11.5 Å². The van der Waals surface area contributed by atoms with Crippen molar-refractivity contribution in [3.8, 4) is 17.2 Å². The van der Waals surface area contributed by atoms with Crippen molar-refractivity contribution in [3.05, 3.63) is 53.6 Å². The monoisotopic (exact) mass is 426 g/mol. The molecule has 3 rings (SSSR count). The molecule has 168 valence electrons. The third kappa shape index (κ3) is 5.91. The summed E-state index contributed by atoms with van der Waals surface area (Å²) in [5.41, 5.74) is 2.25. The number of para-hydroxylation sites is 1. The lowest BCUT2D eigenvalue weighted by Gasteiger charge is -2.35. The lowest BCUT2D eigenvalue weighted by molar-refractivity contribution is -0.126. The third-order valence-corrected chi connectivity index (χ3v) is 6.19. The molecule has 6 heteroatoms. The molecule has 1 N–H and O–H groups in total. The summed E-state index contributed by atoms with van der Waals surface area (Å²) in [6, 6.07) is 13.8. The van der Waals surface area contributed by atoms with E-state index in [0.29, 0.717) is 24.0 Å². The molecule has 6 nitrogen and oxygen atoms in total. The van der Waals surface area contributed by atoms with E-state index in [9.17, 15) is 4.79 Å². The van der Waals surface area contributed by atoms with E-state index < -0.39 is 0 Å². The van der Waals surface area contributed by atoms with E-state index in [1.807, 2.05) is 37.3 Å². The lowest BCUT2D eigenvalue weighted by atomic mass is 9.89. The van der Waals surface area contributed by atoms with Crippen LogP contribution >= 0.6 is 0 Å². The number of rotatable bonds is 9. The van der Waals surface area contributed by atoms with Gasteiger partial charge in [0.2, 0.25) is 5.91 Å². The van der Waals surface area contributed by atoms with Crippen molar-refractivity contribution in [2.24, 2.45) is 5.92 Å². The molecule has 1 amide bonds. The smallest absolute Gasteiger partial charge is 0.237 e. The average molecular weight is 427 g/mol. The maximum atomic E-state index is 12.7. The van der Waals surface area contributed by atoms with Crippen LogP contribution in [0, 0.1) is 5.92 Å². The van der Waals surface area contributed by atoms with Gasteiger partial charge in [-0.25, -0.2) is 0 Å². The number of likely N-dealkylation sites (tertiary alicyclic amines) is 1. The fraction of sp³-hybridized carbons (Fsp3) is 0.480. The van der Waals surface area contributed by atoms with Crippen molar-refractivity contribution in [2.45, 2.75) is 38.8 Å². The van der Waals surface area contributed by atoms with Crippen molar-refractivity contribution in [2.75, 3.05) is 34.4 Å². The molecule has 1 atom stereocenters. The molecule has 1 saturated heterocycles. The number of ether oxygens (including phenoxy) is 3. The molecule has 1 aliphatic rings. The van der Waals surface area contributed by atoms with Crippen molar-refractivity contribution >= 4 is 5.91 Å². The maximum absolute atomic E-state index is 12.7. The summed E-state index contributed by atoms with van der Waals surface area (Å²) >= 11 is 0. The molecule has 0 saturated carbocycles. The summed E-state index contributed by atoms with van der Waals surface area (Å²) in [6.07, 6.45) is 3.20. The number of amides is 1. The predicted octanol–water partition coefficient (Wildman–Crippen LogP) is 3.67. The predicted molar refractivity (Wildman–Crippen MR) is 122 cm³/mol. The fourth-order valence-corrected chi connectivity index (χ4v) is 4.22. The summed E-state index contributed by atoms with van der Waals surface area (Å²) in [6.45, 7) is 4.33. The van der Waals surface area contributed by atoms with Gasteiger partial charge in [-0.2, -0.15) is 0 Å². The highest BCUT2D eigenvalue weighted by Crippen LogP contribution is 2.28. The van der Waals surface area contributed by atoms with Gasteiger partial charge in [-0.1, -0.05) is 24.3 Å². The second kappa shape index (κ2) is 11.0. The minimum absolute atomic E-state index is 0.0537. The number of piperidine rings is 1. The van der Waals surface area contributed by atoms with Gasteiger partial charge in [-0.15, -0.1) is 0 Å². The van der Waals surface area contributed by atoms with Gasteiger partial charge in [0, 0.05) is 6.54 Å². The van der Waals surface area contributed by atoms with Crippen LogP contribution < -0.4 is 19.5 Å². The summed E-state index contributed by atoms with van der Waals surface area (Å²) in [7, 11) is 4.95. The molecule has 2 aromatic carbocycles. The van der Waals surface area contributed by atoms with Crippen molar-refractivity contribution in [1.82, 2.24) is 10.2 Å². The van der Waals surface area contributed by atoms with Crippen LogP contribution in [0.3, 0.4) is 0 Å². The molecule has 1 heterocycles. The number of carbonyl (C=O) groups is 1. The van der Waals surface area contributed by atoms with Crippen molar-refractivity contribution < 1.29 is 19.0 Å². The fourth-order valence-electron chi connectivity index (χ4n) is 4.22. The van der Waals surface area contributed by atoms with E-state index in [-0.39, 0.29) is 11.9 Å². The number of nitrogens with zero attached hydrogens (tertiary/aromatic N) is 1. The molecule has 0 aliphatic carbocycles. The van der Waals surface area contributed by atoms with Gasteiger partial charge in [0.05, 0.1) is 27.4 Å². The second-order valence-electron chi connectivity index (χ2n) is 8.08. The SMILES string of the molecule is COc1ccccc1CC1CCN(C(C)C(=O)NCc2ccc(OC)c(OC)c2)CC1. The van der Waals surface area contributed by atoms with Crippen LogP contribution in [0.15, 0.2) is 42.5 Å². The van der Waals surface area contributed by atoms with E-state index in [1.54, 1.807) is 21.3 Å². The van der Waals surface area contributed by atoms with Crippen LogP contribution in [0.2, 0.25) is 0 Å². The van der Waals surface area contributed by atoms with Gasteiger partial charge in [-0.3, -0.25) is 9.69 Å². The zero-order valence-electron chi connectivity index (χ0n) is 19.0. The number of hydrogen-bond acceptors (Lipinski definition) is 5. The standard InChI is InChI=1S/C25H34N2O4/c1-18(25(28)26-17-20-9-10-23(30-3)24(16-20)31-4)27-13-11-19(12-14-27)15-21-7-5-6-8-22(21)29-2/h5-10,16,18-19H,11-15,17H2,1-4H3,(H,26,28).